The molecule has 7 rings (SSSR count). The van der Waals surface area contributed by atoms with E-state index in [9.17, 15) is 4.79 Å². The summed E-state index contributed by atoms with van der Waals surface area (Å²) < 4.78 is 3.98. The van der Waals surface area contributed by atoms with Crippen LogP contribution in [0.1, 0.15) is 49.0 Å². The Morgan fingerprint density at radius 2 is 1.79 bits per heavy atom. The first kappa shape index (κ1) is 16.3. The Kier molecular flexibility index (Phi) is 3.19. The maximum atomic E-state index is 12.2. The van der Waals surface area contributed by atoms with Crippen molar-refractivity contribution in [1.29, 1.82) is 0 Å². The molecule has 4 fully saturated rings. The number of hydrogen-bond donors (Lipinski definition) is 1. The van der Waals surface area contributed by atoms with E-state index < -0.39 is 5.91 Å². The lowest BCUT2D eigenvalue weighted by atomic mass is 9.53. The monoisotopic (exact) mass is 375 g/mol. The highest BCUT2D eigenvalue weighted by Crippen LogP contribution is 2.59. The lowest BCUT2D eigenvalue weighted by molar-refractivity contribution is -0.0471. The van der Waals surface area contributed by atoms with Gasteiger partial charge in [0.25, 0.3) is 5.91 Å². The van der Waals surface area contributed by atoms with E-state index >= 15 is 0 Å². The van der Waals surface area contributed by atoms with Crippen LogP contribution in [0.4, 0.5) is 0 Å². The van der Waals surface area contributed by atoms with Crippen LogP contribution in [0.3, 0.4) is 0 Å². The molecule has 144 valence electrons. The zero-order valence-corrected chi connectivity index (χ0v) is 16.1. The fourth-order valence-corrected chi connectivity index (χ4v) is 6.74. The third-order valence-corrected chi connectivity index (χ3v) is 7.41. The van der Waals surface area contributed by atoms with Crippen molar-refractivity contribution in [2.75, 3.05) is 0 Å². The molecule has 0 spiro atoms. The largest absolute Gasteiger partial charge is 0.364 e. The number of primary amides is 1. The molecule has 4 bridgehead atoms. The first-order valence-corrected chi connectivity index (χ1v) is 10.3. The maximum absolute atomic E-state index is 12.2. The van der Waals surface area contributed by atoms with Gasteiger partial charge in [0, 0.05) is 24.2 Å². The highest BCUT2D eigenvalue weighted by atomic mass is 16.1. The van der Waals surface area contributed by atoms with E-state index in [0.29, 0.717) is 5.69 Å². The molecule has 3 aromatic rings. The number of nitrogens with two attached hydrogens (primary N) is 1. The summed E-state index contributed by atoms with van der Waals surface area (Å²) >= 11 is 0. The van der Waals surface area contributed by atoms with Crippen LogP contribution in [-0.4, -0.2) is 25.5 Å². The summed E-state index contributed by atoms with van der Waals surface area (Å²) in [5, 5.41) is 9.97. The van der Waals surface area contributed by atoms with Crippen LogP contribution in [0.15, 0.2) is 30.6 Å². The highest BCUT2D eigenvalue weighted by Gasteiger charge is 2.53. The van der Waals surface area contributed by atoms with Crippen LogP contribution in [0, 0.1) is 17.8 Å². The Morgan fingerprint density at radius 1 is 1.11 bits per heavy atom. The molecule has 4 saturated carbocycles. The maximum Gasteiger partial charge on any atom is 0.269 e. The number of carbonyl (C=O) groups is 1. The zero-order valence-electron chi connectivity index (χ0n) is 16.1. The molecule has 4 aliphatic rings. The van der Waals surface area contributed by atoms with Crippen LogP contribution in [0.5, 0.6) is 0 Å². The fourth-order valence-electron chi connectivity index (χ4n) is 6.74. The molecule has 4 aliphatic carbocycles. The van der Waals surface area contributed by atoms with Crippen molar-refractivity contribution >= 4 is 16.8 Å². The van der Waals surface area contributed by atoms with Gasteiger partial charge in [-0.05, 0) is 74.0 Å². The molecule has 2 N–H and O–H groups in total. The summed E-state index contributed by atoms with van der Waals surface area (Å²) in [4.78, 5) is 12.2. The molecule has 0 unspecified atom stereocenters. The van der Waals surface area contributed by atoms with Crippen LogP contribution in [-0.2, 0) is 12.6 Å². The Balaban J connectivity index is 1.53. The summed E-state index contributed by atoms with van der Waals surface area (Å²) in [6.07, 6.45) is 11.5. The van der Waals surface area contributed by atoms with E-state index in [1.807, 2.05) is 19.4 Å². The minimum absolute atomic E-state index is 0.0660. The molecular weight excluding hydrogens is 350 g/mol. The second-order valence-corrected chi connectivity index (χ2v) is 9.40. The Morgan fingerprint density at radius 3 is 2.36 bits per heavy atom. The number of nitrogens with zero attached hydrogens (tertiary/aromatic N) is 4. The number of fused-ring (bicyclic) bond motifs is 1. The summed E-state index contributed by atoms with van der Waals surface area (Å²) in [6, 6.07) is 6.29. The van der Waals surface area contributed by atoms with Gasteiger partial charge in [-0.3, -0.25) is 14.2 Å². The molecule has 0 saturated heterocycles. The molecule has 1 aromatic carbocycles. The van der Waals surface area contributed by atoms with Gasteiger partial charge < -0.3 is 5.73 Å². The molecule has 0 atom stereocenters. The van der Waals surface area contributed by atoms with Crippen LogP contribution >= 0.6 is 0 Å². The summed E-state index contributed by atoms with van der Waals surface area (Å²) in [7, 11) is 1.90. The van der Waals surface area contributed by atoms with Crippen LogP contribution < -0.4 is 5.73 Å². The summed E-state index contributed by atoms with van der Waals surface area (Å²) in [6.45, 7) is 0. The first-order valence-electron chi connectivity index (χ1n) is 10.3. The van der Waals surface area contributed by atoms with E-state index in [0.717, 1.165) is 39.8 Å². The van der Waals surface area contributed by atoms with Gasteiger partial charge in [0.2, 0.25) is 0 Å². The molecule has 1 amide bonds. The van der Waals surface area contributed by atoms with Crippen molar-refractivity contribution in [1.82, 2.24) is 19.6 Å². The number of carbonyl (C=O) groups excluding carboxylic acids is 1. The number of aryl methyl sites for hydroxylation is 1. The molecule has 0 aliphatic heterocycles. The Labute approximate surface area is 163 Å². The predicted molar refractivity (Wildman–Crippen MR) is 107 cm³/mol. The minimum atomic E-state index is -0.447. The highest BCUT2D eigenvalue weighted by molar-refractivity contribution is 6.05. The second-order valence-electron chi connectivity index (χ2n) is 9.40. The molecule has 0 radical (unpaired) electrons. The van der Waals surface area contributed by atoms with Crippen LogP contribution in [0.25, 0.3) is 22.0 Å². The average molecular weight is 375 g/mol. The average Bonchev–Trinajstić information content (AvgIpc) is 3.24. The molecule has 28 heavy (non-hydrogen) atoms. The van der Waals surface area contributed by atoms with Crippen molar-refractivity contribution in [2.45, 2.75) is 44.1 Å². The van der Waals surface area contributed by atoms with Crippen molar-refractivity contribution < 1.29 is 4.79 Å². The van der Waals surface area contributed by atoms with Crippen molar-refractivity contribution in [3.8, 4) is 11.1 Å². The summed E-state index contributed by atoms with van der Waals surface area (Å²) in [5.41, 5.74) is 9.32. The zero-order chi connectivity index (χ0) is 19.0. The van der Waals surface area contributed by atoms with Gasteiger partial charge >= 0.3 is 0 Å². The number of benzene rings is 1. The van der Waals surface area contributed by atoms with Crippen molar-refractivity contribution in [3.05, 3.63) is 36.3 Å². The number of amides is 1. The quantitative estimate of drug-likeness (QED) is 0.761. The van der Waals surface area contributed by atoms with E-state index in [4.69, 9.17) is 10.8 Å². The normalized spacial score (nSPS) is 31.0. The standard InChI is InChI=1S/C22H25N5O/c1-26-12-17(11-24-26)16-2-3-19-18(7-16)20(21(23)28)25-27(19)22-8-13-4-14(9-22)6-15(5-13)10-22/h2-3,7,11-15H,4-6,8-10H2,1H3,(H2,23,28). The van der Waals surface area contributed by atoms with Gasteiger partial charge in [0.1, 0.15) is 0 Å². The third kappa shape index (κ3) is 2.23. The number of aromatic nitrogens is 4. The van der Waals surface area contributed by atoms with Gasteiger partial charge in [0.05, 0.1) is 17.3 Å². The lowest BCUT2D eigenvalue weighted by Crippen LogP contribution is -2.52. The topological polar surface area (TPSA) is 78.7 Å². The van der Waals surface area contributed by atoms with Crippen molar-refractivity contribution in [3.63, 3.8) is 0 Å². The van der Waals surface area contributed by atoms with E-state index in [1.165, 1.54) is 38.5 Å². The van der Waals surface area contributed by atoms with E-state index in [1.54, 1.807) is 4.68 Å². The van der Waals surface area contributed by atoms with Gasteiger partial charge in [-0.2, -0.15) is 10.2 Å². The second kappa shape index (κ2) is 5.46. The van der Waals surface area contributed by atoms with Gasteiger partial charge in [-0.25, -0.2) is 0 Å². The van der Waals surface area contributed by atoms with E-state index in [2.05, 4.69) is 28.0 Å². The van der Waals surface area contributed by atoms with Gasteiger partial charge in [-0.15, -0.1) is 0 Å². The first-order chi connectivity index (χ1) is 13.5. The predicted octanol–water partition coefficient (Wildman–Crippen LogP) is 3.46. The number of rotatable bonds is 3. The SMILES string of the molecule is Cn1cc(-c2ccc3c(c2)c(C(N)=O)nn3C23CC4CC(CC(C4)C2)C3)cn1. The van der Waals surface area contributed by atoms with Crippen LogP contribution in [0.2, 0.25) is 0 Å². The fraction of sp³-hybridized carbons (Fsp3) is 0.500. The van der Waals surface area contributed by atoms with Gasteiger partial charge in [0.15, 0.2) is 5.69 Å². The molecule has 2 heterocycles. The van der Waals surface area contributed by atoms with E-state index in [-0.39, 0.29) is 5.54 Å². The van der Waals surface area contributed by atoms with Crippen molar-refractivity contribution in [2.24, 2.45) is 30.5 Å². The van der Waals surface area contributed by atoms with Gasteiger partial charge in [-0.1, -0.05) is 6.07 Å². The smallest absolute Gasteiger partial charge is 0.269 e. The molecular formula is C22H25N5O. The minimum Gasteiger partial charge on any atom is -0.364 e. The molecule has 6 heteroatoms. The number of hydrogen-bond acceptors (Lipinski definition) is 3. The Hall–Kier alpha value is -2.63. The molecule has 2 aromatic heterocycles. The summed E-state index contributed by atoms with van der Waals surface area (Å²) in [5.74, 6) is 2.00. The Bertz CT molecular complexity index is 1070. The third-order valence-electron chi connectivity index (χ3n) is 7.41. The lowest BCUT2D eigenvalue weighted by Gasteiger charge is -2.56. The molecule has 6 nitrogen and oxygen atoms in total.